The number of hydrogen-bond acceptors (Lipinski definition) is 11. The van der Waals surface area contributed by atoms with Gasteiger partial charge in [0.25, 0.3) is 5.92 Å². The summed E-state index contributed by atoms with van der Waals surface area (Å²) in [6.07, 6.45) is -10.4. The maximum Gasteiger partial charge on any atom is 0.469 e. The van der Waals surface area contributed by atoms with Crippen LogP contribution in [-0.4, -0.2) is 93.0 Å². The number of aryl methyl sites for hydroxylation is 1. The average Bonchev–Trinajstić information content (AvgIpc) is 4.13. The molecule has 8 rings (SSSR count). The van der Waals surface area contributed by atoms with E-state index in [1.165, 1.54) is 26.0 Å². The highest BCUT2D eigenvalue weighted by atomic mass is 35.5. The second-order valence-corrected chi connectivity index (χ2v) is 25.5. The van der Waals surface area contributed by atoms with E-state index in [4.69, 9.17) is 11.6 Å². The number of sulfonamides is 1. The van der Waals surface area contributed by atoms with Crippen LogP contribution in [0.25, 0.3) is 22.0 Å². The number of benzene rings is 2. The minimum Gasteiger partial charge on any atom is -0.346 e. The van der Waals surface area contributed by atoms with Crippen molar-refractivity contribution in [1.29, 1.82) is 0 Å². The molecule has 3 aromatic heterocycles. The normalized spacial score (nSPS) is 20.0. The zero-order chi connectivity index (χ0) is 55.5. The third-order valence-corrected chi connectivity index (χ3v) is 17.4. The number of amides is 2. The van der Waals surface area contributed by atoms with Crippen molar-refractivity contribution in [2.45, 2.75) is 94.0 Å². The van der Waals surface area contributed by atoms with Gasteiger partial charge in [-0.1, -0.05) is 23.7 Å². The van der Waals surface area contributed by atoms with Gasteiger partial charge in [-0.3, -0.25) is 28.5 Å². The van der Waals surface area contributed by atoms with Crippen molar-refractivity contribution in [2.24, 2.45) is 17.8 Å². The van der Waals surface area contributed by atoms with Crippen LogP contribution >= 0.6 is 19.4 Å². The van der Waals surface area contributed by atoms with Gasteiger partial charge in [-0.25, -0.2) is 30.2 Å². The predicted molar refractivity (Wildman–Crippen MR) is 246 cm³/mol. The van der Waals surface area contributed by atoms with E-state index in [1.807, 2.05) is 0 Å². The molecule has 5 atom stereocenters. The minimum absolute atomic E-state index is 0.0268. The van der Waals surface area contributed by atoms with Crippen molar-refractivity contribution in [2.75, 3.05) is 23.4 Å². The van der Waals surface area contributed by atoms with Gasteiger partial charge >= 0.3 is 20.2 Å². The molecule has 0 aliphatic heterocycles. The molecule has 2 saturated carbocycles. The molecule has 0 spiro atoms. The number of nitrogens with zero attached hydrogens (tertiary/aromatic N) is 6. The summed E-state index contributed by atoms with van der Waals surface area (Å²) in [5.74, 6) is -14.7. The molecular formula is C44H43ClF10N7O10PS2. The van der Waals surface area contributed by atoms with Gasteiger partial charge in [0, 0.05) is 46.5 Å². The second kappa shape index (κ2) is 19.1. The number of halogens is 11. The molecule has 1 unspecified atom stereocenters. The van der Waals surface area contributed by atoms with Gasteiger partial charge < -0.3 is 15.1 Å². The maximum atomic E-state index is 15.6. The number of phosphoric ester groups is 1. The SMILES string of the molecule is CC(C)(CCc1ccc(-c2ccc(Cl)c3c(N(C(=O)[C@@H]4C[C@@H]4COP(=O)(O)O)S(C)(=O)=O)nn(CC(F)(F)F)c23)c([C@H](Cc2cc(F)cc(F)c2)NC(=O)Cn2nc(C(F)(F)F)c3c2C(F)(F)C2C[C@H]32)n1)S(C)(=O)=O. The van der Waals surface area contributed by atoms with Gasteiger partial charge in [0.2, 0.25) is 21.8 Å². The van der Waals surface area contributed by atoms with Crippen LogP contribution in [0, 0.1) is 29.4 Å². The lowest BCUT2D eigenvalue weighted by atomic mass is 9.93. The summed E-state index contributed by atoms with van der Waals surface area (Å²) in [6, 6.07) is 5.03. The number of phosphoric acid groups is 1. The molecule has 3 heterocycles. The lowest BCUT2D eigenvalue weighted by Gasteiger charge is -2.25. The molecule has 3 aliphatic carbocycles. The molecule has 3 aliphatic rings. The number of pyridine rings is 1. The lowest BCUT2D eigenvalue weighted by molar-refractivity contribution is -0.143. The Morgan fingerprint density at radius 1 is 0.960 bits per heavy atom. The van der Waals surface area contributed by atoms with E-state index < -0.39 is 174 Å². The molecular weight excluding hydrogens is 1110 g/mol. The summed E-state index contributed by atoms with van der Waals surface area (Å²) >= 11 is 6.66. The minimum atomic E-state index is -5.23. The van der Waals surface area contributed by atoms with Crippen LogP contribution in [-0.2, 0) is 76.6 Å². The zero-order valence-electron chi connectivity index (χ0n) is 39.4. The first-order chi connectivity index (χ1) is 34.4. The van der Waals surface area contributed by atoms with E-state index in [-0.39, 0.29) is 61.7 Å². The number of alkyl halides is 8. The Morgan fingerprint density at radius 3 is 2.19 bits per heavy atom. The Hall–Kier alpha value is -5.19. The molecule has 408 valence electrons. The number of aromatic nitrogens is 5. The van der Waals surface area contributed by atoms with E-state index in [0.29, 0.717) is 12.3 Å². The quantitative estimate of drug-likeness (QED) is 0.0560. The Bertz CT molecular complexity index is 3420. The van der Waals surface area contributed by atoms with Crippen molar-refractivity contribution in [3.05, 3.63) is 93.0 Å². The summed E-state index contributed by atoms with van der Waals surface area (Å²) in [4.78, 5) is 51.3. The number of anilines is 1. The molecule has 17 nitrogen and oxygen atoms in total. The van der Waals surface area contributed by atoms with Gasteiger partial charge in [-0.2, -0.15) is 49.6 Å². The second-order valence-electron chi connectivity index (χ2n) is 19.4. The van der Waals surface area contributed by atoms with Crippen LogP contribution < -0.4 is 9.62 Å². The molecule has 75 heavy (non-hydrogen) atoms. The molecule has 3 N–H and O–H groups in total. The molecule has 31 heteroatoms. The van der Waals surface area contributed by atoms with Crippen LogP contribution in [0.4, 0.5) is 49.7 Å². The van der Waals surface area contributed by atoms with E-state index >= 15 is 8.78 Å². The largest absolute Gasteiger partial charge is 0.469 e. The van der Waals surface area contributed by atoms with E-state index in [0.717, 1.165) is 30.5 Å². The van der Waals surface area contributed by atoms with Crippen LogP contribution in [0.3, 0.4) is 0 Å². The van der Waals surface area contributed by atoms with Gasteiger partial charge in [-0.15, -0.1) is 0 Å². The van der Waals surface area contributed by atoms with Crippen molar-refractivity contribution in [3.8, 4) is 11.1 Å². The van der Waals surface area contributed by atoms with Crippen LogP contribution in [0.5, 0.6) is 0 Å². The standard InChI is InChI=1S/C44H43ClF10N7O10PS2/c1-41(2,74(3,68)69)10-9-24-5-6-25(26-7-8-30(45)34-36(26)61(19-42(48,49)50)59-39(34)62(75(4,70)71)40(64)27-14-21(27)18-72-73(65,66)67)35(56-24)31(13-20-11-22(46)15-23(47)12-20)57-32(63)17-60-38-33(37(58-60)44(53,54)55)28-16-29(28)43(38,51)52/h5-8,11-12,15,21,27-29,31H,9-10,13-14,16-19H2,1-4H3,(H,57,63)(H2,65,66,67)/t21-,27-,28+,29?,31+/m1/s1. The summed E-state index contributed by atoms with van der Waals surface area (Å²) < 4.78 is 215. The van der Waals surface area contributed by atoms with Crippen molar-refractivity contribution >= 4 is 67.8 Å². The first kappa shape index (κ1) is 56.0. The fourth-order valence-electron chi connectivity index (χ4n) is 9.32. The fourth-order valence-corrected chi connectivity index (χ4v) is 11.3. The summed E-state index contributed by atoms with van der Waals surface area (Å²) in [5.41, 5.74) is -5.47. The molecule has 2 fully saturated rings. The molecule has 0 bridgehead atoms. The van der Waals surface area contributed by atoms with Crippen molar-refractivity contribution in [3.63, 3.8) is 0 Å². The highest BCUT2D eigenvalue weighted by Crippen LogP contribution is 2.68. The van der Waals surface area contributed by atoms with Gasteiger partial charge in [0.15, 0.2) is 21.3 Å². The number of carbonyl (C=O) groups is 2. The van der Waals surface area contributed by atoms with Crippen LogP contribution in [0.15, 0.2) is 42.5 Å². The zero-order valence-corrected chi connectivity index (χ0v) is 42.6. The smallest absolute Gasteiger partial charge is 0.346 e. The molecule has 0 radical (unpaired) electrons. The summed E-state index contributed by atoms with van der Waals surface area (Å²) in [6.45, 7) is -1.24. The molecule has 0 saturated heterocycles. The number of hydrogen-bond donors (Lipinski definition) is 3. The Morgan fingerprint density at radius 2 is 1.60 bits per heavy atom. The van der Waals surface area contributed by atoms with Gasteiger partial charge in [0.05, 0.1) is 45.3 Å². The van der Waals surface area contributed by atoms with Crippen LogP contribution in [0.1, 0.15) is 79.0 Å². The van der Waals surface area contributed by atoms with E-state index in [9.17, 15) is 75.9 Å². The van der Waals surface area contributed by atoms with Crippen molar-refractivity contribution < 1.29 is 89.2 Å². The number of carbonyl (C=O) groups excluding carboxylic acids is 2. The molecule has 5 aromatic rings. The number of nitrogens with one attached hydrogen (secondary N) is 1. The molecule has 2 amide bonds. The number of rotatable bonds is 18. The van der Waals surface area contributed by atoms with E-state index in [1.54, 1.807) is 0 Å². The van der Waals surface area contributed by atoms with Gasteiger partial charge in [0.1, 0.15) is 30.4 Å². The van der Waals surface area contributed by atoms with Crippen LogP contribution in [0.2, 0.25) is 5.02 Å². The maximum absolute atomic E-state index is 15.6. The summed E-state index contributed by atoms with van der Waals surface area (Å²) in [5, 5.41) is 8.69. The van der Waals surface area contributed by atoms with Gasteiger partial charge in [-0.05, 0) is 87.6 Å². The third kappa shape index (κ3) is 11.6. The molecule has 2 aromatic carbocycles. The highest BCUT2D eigenvalue weighted by Gasteiger charge is 2.68. The Balaban J connectivity index is 1.32. The van der Waals surface area contributed by atoms with E-state index in [2.05, 4.69) is 25.0 Å². The number of fused-ring (bicyclic) bond motifs is 4. The highest BCUT2D eigenvalue weighted by molar-refractivity contribution is 7.93. The monoisotopic (exact) mass is 1150 g/mol. The third-order valence-electron chi connectivity index (χ3n) is 13.4. The fraction of sp³-hybridized carbons (Fsp3) is 0.477. The Labute approximate surface area is 424 Å². The topological polar surface area (TPSA) is 233 Å². The first-order valence-corrected chi connectivity index (χ1v) is 28.0. The van der Waals surface area contributed by atoms with Crippen molar-refractivity contribution in [1.82, 2.24) is 29.9 Å². The Kier molecular flexibility index (Phi) is 14.2. The summed E-state index contributed by atoms with van der Waals surface area (Å²) in [7, 11) is -13.7. The predicted octanol–water partition coefficient (Wildman–Crippen LogP) is 7.91. The lowest BCUT2D eigenvalue weighted by Crippen LogP contribution is -2.38. The average molecular weight is 1150 g/mol. The first-order valence-electron chi connectivity index (χ1n) is 22.4. The number of sulfone groups is 1.